The Labute approximate surface area is 294 Å². The van der Waals surface area contributed by atoms with Gasteiger partial charge in [-0.15, -0.1) is 0 Å². The van der Waals surface area contributed by atoms with Crippen molar-refractivity contribution in [3.05, 3.63) is 24.3 Å². The summed E-state index contributed by atoms with van der Waals surface area (Å²) in [5.74, 6) is -0.816. The molecule has 0 fully saturated rings. The van der Waals surface area contributed by atoms with Crippen molar-refractivity contribution < 1.29 is 37.6 Å². The van der Waals surface area contributed by atoms with E-state index in [1.807, 2.05) is 0 Å². The zero-order valence-electron chi connectivity index (χ0n) is 31.1. The number of esters is 2. The first-order valence-electron chi connectivity index (χ1n) is 19.6. The fourth-order valence-electron chi connectivity index (χ4n) is 5.32. The van der Waals surface area contributed by atoms with E-state index in [1.54, 1.807) is 6.92 Å². The summed E-state index contributed by atoms with van der Waals surface area (Å²) in [6, 6.07) is 0. The van der Waals surface area contributed by atoms with Crippen LogP contribution in [0.1, 0.15) is 188 Å². The zero-order chi connectivity index (χ0) is 35.4. The maximum absolute atomic E-state index is 12.5. The molecule has 0 saturated carbocycles. The third-order valence-electron chi connectivity index (χ3n) is 8.23. The number of hydrogen-bond acceptors (Lipinski definition) is 7. The minimum absolute atomic E-state index is 0.00146. The minimum Gasteiger partial charge on any atom is -0.462 e. The van der Waals surface area contributed by atoms with E-state index in [4.69, 9.17) is 18.5 Å². The van der Waals surface area contributed by atoms with Gasteiger partial charge >= 0.3 is 19.8 Å². The van der Waals surface area contributed by atoms with Crippen molar-refractivity contribution in [1.29, 1.82) is 0 Å². The molecule has 0 aliphatic rings. The van der Waals surface area contributed by atoms with E-state index >= 15 is 0 Å². The van der Waals surface area contributed by atoms with Gasteiger partial charge < -0.3 is 14.4 Å². The Morgan fingerprint density at radius 1 is 0.542 bits per heavy atom. The van der Waals surface area contributed by atoms with Crippen LogP contribution in [0.2, 0.25) is 0 Å². The molecule has 48 heavy (non-hydrogen) atoms. The van der Waals surface area contributed by atoms with E-state index in [2.05, 4.69) is 38.2 Å². The number of allylic oxidation sites excluding steroid dienone is 4. The van der Waals surface area contributed by atoms with Crippen LogP contribution in [0.4, 0.5) is 0 Å². The molecule has 0 spiro atoms. The lowest BCUT2D eigenvalue weighted by Crippen LogP contribution is -2.29. The predicted molar refractivity (Wildman–Crippen MR) is 198 cm³/mol. The standard InChI is InChI=1S/C39H73O8P/c1-4-7-9-11-13-15-17-19-20-22-24-26-28-30-32-34-39(41)47-37(36-46-48(42,43)45-6-3)35-44-38(40)33-31-29-27-25-23-21-18-16-14-12-10-8-5-2/h16,18-20,37H,4-15,17,21-36H2,1-3H3,(H,42,43)/b18-16-,20-19-. The largest absolute Gasteiger partial charge is 0.472 e. The molecule has 0 aliphatic heterocycles. The molecule has 0 rings (SSSR count). The summed E-state index contributed by atoms with van der Waals surface area (Å²) in [5.41, 5.74) is 0. The molecule has 0 bridgehead atoms. The van der Waals surface area contributed by atoms with Gasteiger partial charge in [-0.1, -0.05) is 128 Å². The van der Waals surface area contributed by atoms with Gasteiger partial charge in [0.05, 0.1) is 13.2 Å². The third-order valence-corrected chi connectivity index (χ3v) is 9.29. The molecule has 8 nitrogen and oxygen atoms in total. The zero-order valence-corrected chi connectivity index (χ0v) is 32.0. The van der Waals surface area contributed by atoms with Crippen LogP contribution in [0.15, 0.2) is 24.3 Å². The summed E-state index contributed by atoms with van der Waals surface area (Å²) >= 11 is 0. The molecule has 0 aromatic heterocycles. The highest BCUT2D eigenvalue weighted by atomic mass is 31.2. The highest BCUT2D eigenvalue weighted by molar-refractivity contribution is 7.47. The SMILES string of the molecule is CCCCCC/C=C\CCCCCCCC(=O)OCC(COP(=O)(O)OCC)OC(=O)CCCCCCC/C=C\CCCCCCCC. The lowest BCUT2D eigenvalue weighted by molar-refractivity contribution is -0.161. The van der Waals surface area contributed by atoms with Crippen LogP contribution in [0.3, 0.4) is 0 Å². The van der Waals surface area contributed by atoms with Crippen molar-refractivity contribution in [3.63, 3.8) is 0 Å². The minimum atomic E-state index is -4.28. The Bertz CT molecular complexity index is 844. The fraction of sp³-hybridized carbons (Fsp3) is 0.846. The van der Waals surface area contributed by atoms with Crippen molar-refractivity contribution in [2.75, 3.05) is 19.8 Å². The second-order valence-corrected chi connectivity index (χ2v) is 14.4. The van der Waals surface area contributed by atoms with E-state index in [-0.39, 0.29) is 32.0 Å². The van der Waals surface area contributed by atoms with Crippen LogP contribution in [0.5, 0.6) is 0 Å². The van der Waals surface area contributed by atoms with Gasteiger partial charge in [-0.2, -0.15) is 0 Å². The molecule has 2 atom stereocenters. The van der Waals surface area contributed by atoms with E-state index in [0.717, 1.165) is 70.6 Å². The number of carbonyl (C=O) groups excluding carboxylic acids is 2. The van der Waals surface area contributed by atoms with Crippen molar-refractivity contribution >= 4 is 19.8 Å². The third kappa shape index (κ3) is 34.4. The Morgan fingerprint density at radius 3 is 1.40 bits per heavy atom. The van der Waals surface area contributed by atoms with Crippen molar-refractivity contribution in [2.24, 2.45) is 0 Å². The Balaban J connectivity index is 4.16. The number of phosphoric ester groups is 1. The molecule has 9 heteroatoms. The summed E-state index contributed by atoms with van der Waals surface area (Å²) in [7, 11) is -4.28. The van der Waals surface area contributed by atoms with Gasteiger partial charge in [-0.3, -0.25) is 18.6 Å². The summed E-state index contributed by atoms with van der Waals surface area (Å²) in [5, 5.41) is 0. The quantitative estimate of drug-likeness (QED) is 0.0298. The van der Waals surface area contributed by atoms with Crippen LogP contribution in [-0.4, -0.2) is 42.8 Å². The van der Waals surface area contributed by atoms with E-state index in [9.17, 15) is 19.0 Å². The van der Waals surface area contributed by atoms with Crippen LogP contribution in [0.25, 0.3) is 0 Å². The first-order chi connectivity index (χ1) is 23.3. The Hall–Kier alpha value is -1.47. The second-order valence-electron chi connectivity index (χ2n) is 12.9. The first kappa shape index (κ1) is 46.5. The second kappa shape index (κ2) is 35.4. The van der Waals surface area contributed by atoms with Gasteiger partial charge in [0, 0.05) is 12.8 Å². The maximum Gasteiger partial charge on any atom is 0.472 e. The number of carbonyl (C=O) groups is 2. The number of phosphoric acid groups is 1. The number of ether oxygens (including phenoxy) is 2. The molecule has 1 N–H and O–H groups in total. The summed E-state index contributed by atoms with van der Waals surface area (Å²) in [4.78, 5) is 34.6. The molecule has 0 aromatic carbocycles. The van der Waals surface area contributed by atoms with Crippen molar-refractivity contribution in [3.8, 4) is 0 Å². The molecule has 0 radical (unpaired) electrons. The average molecular weight is 701 g/mol. The molecular formula is C39H73O8P. The van der Waals surface area contributed by atoms with E-state index in [1.165, 1.54) is 77.0 Å². The number of hydrogen-bond donors (Lipinski definition) is 1. The van der Waals surface area contributed by atoms with Gasteiger partial charge in [-0.05, 0) is 71.1 Å². The molecule has 0 aromatic rings. The van der Waals surface area contributed by atoms with Crippen LogP contribution >= 0.6 is 7.82 Å². The lowest BCUT2D eigenvalue weighted by Gasteiger charge is -2.19. The summed E-state index contributed by atoms with van der Waals surface area (Å²) < 4.78 is 32.5. The first-order valence-corrected chi connectivity index (χ1v) is 21.1. The van der Waals surface area contributed by atoms with Crippen molar-refractivity contribution in [1.82, 2.24) is 0 Å². The van der Waals surface area contributed by atoms with Crippen LogP contribution < -0.4 is 0 Å². The average Bonchev–Trinajstić information content (AvgIpc) is 3.06. The van der Waals surface area contributed by atoms with Gasteiger partial charge in [0.1, 0.15) is 6.61 Å². The fourth-order valence-corrected chi connectivity index (χ4v) is 6.08. The van der Waals surface area contributed by atoms with Crippen LogP contribution in [-0.2, 0) is 32.7 Å². The highest BCUT2D eigenvalue weighted by Crippen LogP contribution is 2.43. The Morgan fingerprint density at radius 2 is 0.938 bits per heavy atom. The van der Waals surface area contributed by atoms with Crippen LogP contribution in [0, 0.1) is 0 Å². The van der Waals surface area contributed by atoms with Gasteiger partial charge in [-0.25, -0.2) is 4.57 Å². The van der Waals surface area contributed by atoms with Gasteiger partial charge in [0.25, 0.3) is 0 Å². The molecular weight excluding hydrogens is 627 g/mol. The molecule has 0 heterocycles. The molecule has 2 unspecified atom stereocenters. The van der Waals surface area contributed by atoms with Crippen molar-refractivity contribution in [2.45, 2.75) is 194 Å². The smallest absolute Gasteiger partial charge is 0.462 e. The van der Waals surface area contributed by atoms with Gasteiger partial charge in [0.15, 0.2) is 6.10 Å². The molecule has 0 aliphatic carbocycles. The summed E-state index contributed by atoms with van der Waals surface area (Å²) in [6.07, 6.45) is 36.5. The number of rotatable bonds is 36. The Kier molecular flexibility index (Phi) is 34.3. The molecule has 282 valence electrons. The molecule has 0 amide bonds. The maximum atomic E-state index is 12.5. The van der Waals surface area contributed by atoms with Gasteiger partial charge in [0.2, 0.25) is 0 Å². The monoisotopic (exact) mass is 701 g/mol. The summed E-state index contributed by atoms with van der Waals surface area (Å²) in [6.45, 7) is 5.43. The molecule has 0 saturated heterocycles. The topological polar surface area (TPSA) is 108 Å². The number of unbranched alkanes of at least 4 members (excludes halogenated alkanes) is 20. The highest BCUT2D eigenvalue weighted by Gasteiger charge is 2.25. The van der Waals surface area contributed by atoms with E-state index in [0.29, 0.717) is 6.42 Å². The lowest BCUT2D eigenvalue weighted by atomic mass is 10.1. The normalized spacial score (nSPS) is 13.7. The van der Waals surface area contributed by atoms with E-state index < -0.39 is 26.5 Å². The predicted octanol–water partition coefficient (Wildman–Crippen LogP) is 11.9.